The first-order valence-electron chi connectivity index (χ1n) is 6.98. The first kappa shape index (κ1) is 17.1. The van der Waals surface area contributed by atoms with Gasteiger partial charge in [0.05, 0.1) is 0 Å². The minimum Gasteiger partial charge on any atom is -0.379 e. The van der Waals surface area contributed by atoms with Gasteiger partial charge in [-0.2, -0.15) is 0 Å². The van der Waals surface area contributed by atoms with Crippen LogP contribution in [-0.4, -0.2) is 51.5 Å². The van der Waals surface area contributed by atoms with Crippen LogP contribution in [0, 0.1) is 0 Å². The van der Waals surface area contributed by atoms with Gasteiger partial charge >= 0.3 is 0 Å². The predicted octanol–water partition coefficient (Wildman–Crippen LogP) is 0.736. The lowest BCUT2D eigenvalue weighted by Crippen LogP contribution is -2.36. The minimum atomic E-state index is -0.491. The highest BCUT2D eigenvalue weighted by atomic mass is 16.7. The first-order chi connectivity index (χ1) is 9.76. The monoisotopic (exact) mass is 282 g/mol. The summed E-state index contributed by atoms with van der Waals surface area (Å²) in [4.78, 5) is 0. The molecule has 0 heterocycles. The summed E-state index contributed by atoms with van der Waals surface area (Å²) in [6.45, 7) is 2.09. The van der Waals surface area contributed by atoms with Crippen molar-refractivity contribution in [1.82, 2.24) is 10.6 Å². The van der Waals surface area contributed by atoms with Crippen molar-refractivity contribution in [3.05, 3.63) is 35.9 Å². The second-order valence-electron chi connectivity index (χ2n) is 4.60. The molecule has 0 spiro atoms. The molecule has 1 aromatic carbocycles. The van der Waals surface area contributed by atoms with E-state index in [4.69, 9.17) is 9.47 Å². The molecule has 1 aromatic rings. The molecule has 3 N–H and O–H groups in total. The molecule has 0 radical (unpaired) electrons. The molecule has 0 aliphatic rings. The smallest absolute Gasteiger partial charge is 0.169 e. The Balaban J connectivity index is 2.02. The van der Waals surface area contributed by atoms with Crippen LogP contribution in [0.1, 0.15) is 12.0 Å². The van der Waals surface area contributed by atoms with Crippen LogP contribution in [-0.2, 0) is 15.9 Å². The van der Waals surface area contributed by atoms with E-state index in [0.29, 0.717) is 19.5 Å². The van der Waals surface area contributed by atoms with Crippen LogP contribution < -0.4 is 10.6 Å². The maximum atomic E-state index is 9.79. The van der Waals surface area contributed by atoms with Gasteiger partial charge in [0.15, 0.2) is 6.29 Å². The Hall–Kier alpha value is -0.980. The van der Waals surface area contributed by atoms with Crippen molar-refractivity contribution in [2.24, 2.45) is 0 Å². The first-order valence-corrected chi connectivity index (χ1v) is 6.98. The van der Waals surface area contributed by atoms with E-state index in [1.165, 1.54) is 5.56 Å². The van der Waals surface area contributed by atoms with Crippen LogP contribution in [0.5, 0.6) is 0 Å². The van der Waals surface area contributed by atoms with Crippen LogP contribution >= 0.6 is 0 Å². The number of hydrogen-bond donors (Lipinski definition) is 3. The van der Waals surface area contributed by atoms with Crippen LogP contribution in [0.25, 0.3) is 0 Å². The average Bonchev–Trinajstić information content (AvgIpc) is 2.48. The SMILES string of the molecule is COC(CNCCC(O)NCCc1ccccc1)OC. The third-order valence-electron chi connectivity index (χ3n) is 3.07. The molecule has 1 rings (SSSR count). The molecule has 1 unspecified atom stereocenters. The molecule has 0 amide bonds. The fraction of sp³-hybridized carbons (Fsp3) is 0.600. The van der Waals surface area contributed by atoms with E-state index in [1.54, 1.807) is 14.2 Å². The van der Waals surface area contributed by atoms with Gasteiger partial charge in [-0.05, 0) is 24.9 Å². The Morgan fingerprint density at radius 1 is 1.10 bits per heavy atom. The average molecular weight is 282 g/mol. The van der Waals surface area contributed by atoms with Gasteiger partial charge in [0, 0.05) is 27.3 Å². The number of rotatable bonds is 11. The second kappa shape index (κ2) is 10.8. The quantitative estimate of drug-likeness (QED) is 0.413. The minimum absolute atomic E-state index is 0.238. The summed E-state index contributed by atoms with van der Waals surface area (Å²) in [7, 11) is 3.21. The number of hydrogen-bond acceptors (Lipinski definition) is 5. The predicted molar refractivity (Wildman–Crippen MR) is 79.4 cm³/mol. The summed E-state index contributed by atoms with van der Waals surface area (Å²) in [5, 5.41) is 16.1. The highest BCUT2D eigenvalue weighted by molar-refractivity contribution is 5.14. The van der Waals surface area contributed by atoms with E-state index >= 15 is 0 Å². The summed E-state index contributed by atoms with van der Waals surface area (Å²) in [6, 6.07) is 10.2. The van der Waals surface area contributed by atoms with Crippen molar-refractivity contribution in [3.8, 4) is 0 Å². The third-order valence-corrected chi connectivity index (χ3v) is 3.07. The Labute approximate surface area is 121 Å². The Bertz CT molecular complexity index is 331. The number of ether oxygens (including phenoxy) is 2. The Morgan fingerprint density at radius 2 is 1.80 bits per heavy atom. The van der Waals surface area contributed by atoms with Gasteiger partial charge in [-0.1, -0.05) is 30.3 Å². The van der Waals surface area contributed by atoms with Gasteiger partial charge < -0.3 is 19.9 Å². The molecule has 0 fully saturated rings. The topological polar surface area (TPSA) is 62.8 Å². The number of benzene rings is 1. The van der Waals surface area contributed by atoms with Crippen molar-refractivity contribution >= 4 is 0 Å². The number of aliphatic hydroxyl groups excluding tert-OH is 1. The molecule has 0 saturated carbocycles. The number of methoxy groups -OCH3 is 2. The zero-order valence-electron chi connectivity index (χ0n) is 12.3. The van der Waals surface area contributed by atoms with Crippen LogP contribution in [0.15, 0.2) is 30.3 Å². The summed E-state index contributed by atoms with van der Waals surface area (Å²) in [5.41, 5.74) is 1.27. The molecule has 20 heavy (non-hydrogen) atoms. The maximum absolute atomic E-state index is 9.79. The third kappa shape index (κ3) is 7.57. The highest BCUT2D eigenvalue weighted by Crippen LogP contribution is 1.98. The lowest BCUT2D eigenvalue weighted by molar-refractivity contribution is -0.0988. The molecule has 0 aliphatic heterocycles. The molecule has 0 saturated heterocycles. The number of nitrogens with one attached hydrogen (secondary N) is 2. The highest BCUT2D eigenvalue weighted by Gasteiger charge is 2.05. The number of aliphatic hydroxyl groups is 1. The standard InChI is InChI=1S/C15H26N2O3/c1-19-15(20-2)12-16-10-9-14(18)17-11-8-13-6-4-3-5-7-13/h3-7,14-18H,8-12H2,1-2H3. The van der Waals surface area contributed by atoms with Crippen LogP contribution in [0.4, 0.5) is 0 Å². The molecule has 114 valence electrons. The van der Waals surface area contributed by atoms with Crippen molar-refractivity contribution in [3.63, 3.8) is 0 Å². The van der Waals surface area contributed by atoms with Gasteiger partial charge in [-0.15, -0.1) is 0 Å². The van der Waals surface area contributed by atoms with E-state index in [-0.39, 0.29) is 6.29 Å². The lowest BCUT2D eigenvalue weighted by Gasteiger charge is -2.16. The van der Waals surface area contributed by atoms with E-state index in [2.05, 4.69) is 22.8 Å². The van der Waals surface area contributed by atoms with E-state index in [1.807, 2.05) is 18.2 Å². The Morgan fingerprint density at radius 3 is 2.45 bits per heavy atom. The van der Waals surface area contributed by atoms with E-state index in [0.717, 1.165) is 13.0 Å². The normalized spacial score (nSPS) is 12.8. The molecular formula is C15H26N2O3. The van der Waals surface area contributed by atoms with Gasteiger partial charge in [0.2, 0.25) is 0 Å². The van der Waals surface area contributed by atoms with E-state index in [9.17, 15) is 5.11 Å². The molecule has 5 nitrogen and oxygen atoms in total. The van der Waals surface area contributed by atoms with Crippen molar-refractivity contribution < 1.29 is 14.6 Å². The van der Waals surface area contributed by atoms with Crippen molar-refractivity contribution in [1.29, 1.82) is 0 Å². The summed E-state index contributed by atoms with van der Waals surface area (Å²) < 4.78 is 10.1. The van der Waals surface area contributed by atoms with E-state index < -0.39 is 6.23 Å². The zero-order valence-corrected chi connectivity index (χ0v) is 12.3. The second-order valence-corrected chi connectivity index (χ2v) is 4.60. The molecule has 1 atom stereocenters. The van der Waals surface area contributed by atoms with Gasteiger partial charge in [0.1, 0.15) is 6.23 Å². The van der Waals surface area contributed by atoms with Crippen molar-refractivity contribution in [2.75, 3.05) is 33.9 Å². The van der Waals surface area contributed by atoms with Gasteiger partial charge in [0.25, 0.3) is 0 Å². The summed E-state index contributed by atoms with van der Waals surface area (Å²) >= 11 is 0. The van der Waals surface area contributed by atoms with Gasteiger partial charge in [-0.3, -0.25) is 5.32 Å². The fourth-order valence-electron chi connectivity index (χ4n) is 1.85. The summed E-state index contributed by atoms with van der Waals surface area (Å²) in [5.74, 6) is 0. The fourth-order valence-corrected chi connectivity index (χ4v) is 1.85. The Kier molecular flexibility index (Phi) is 9.19. The molecule has 5 heteroatoms. The summed E-state index contributed by atoms with van der Waals surface area (Å²) in [6.07, 6.45) is 0.836. The zero-order chi connectivity index (χ0) is 14.6. The molecular weight excluding hydrogens is 256 g/mol. The van der Waals surface area contributed by atoms with Crippen LogP contribution in [0.3, 0.4) is 0 Å². The van der Waals surface area contributed by atoms with Crippen LogP contribution in [0.2, 0.25) is 0 Å². The van der Waals surface area contributed by atoms with Crippen molar-refractivity contribution in [2.45, 2.75) is 25.4 Å². The molecule has 0 bridgehead atoms. The van der Waals surface area contributed by atoms with Gasteiger partial charge in [-0.25, -0.2) is 0 Å². The molecule has 0 aromatic heterocycles. The maximum Gasteiger partial charge on any atom is 0.169 e. The largest absolute Gasteiger partial charge is 0.379 e. The lowest BCUT2D eigenvalue weighted by atomic mass is 10.1. The molecule has 0 aliphatic carbocycles.